The van der Waals surface area contributed by atoms with Crippen LogP contribution in [0.1, 0.15) is 36.5 Å². The van der Waals surface area contributed by atoms with Gasteiger partial charge in [-0.2, -0.15) is 5.26 Å². The second-order valence-corrected chi connectivity index (χ2v) is 6.68. The first-order chi connectivity index (χ1) is 13.7. The van der Waals surface area contributed by atoms with Gasteiger partial charge in [-0.05, 0) is 48.7 Å². The summed E-state index contributed by atoms with van der Waals surface area (Å²) in [5, 5.41) is 15.6. The molecule has 2 aromatic carbocycles. The molecule has 0 unspecified atom stereocenters. The summed E-state index contributed by atoms with van der Waals surface area (Å²) in [6.45, 7) is 4.73. The molecule has 1 saturated heterocycles. The quantitative estimate of drug-likeness (QED) is 0.601. The van der Waals surface area contributed by atoms with Crippen LogP contribution in [0.25, 0.3) is 0 Å². The number of amides is 1. The first-order valence-corrected chi connectivity index (χ1v) is 9.60. The number of hydrogen-bond donors (Lipinski definition) is 2. The van der Waals surface area contributed by atoms with Crippen LogP contribution in [0.3, 0.4) is 0 Å². The lowest BCUT2D eigenvalue weighted by Gasteiger charge is -2.16. The Hall–Kier alpha value is -3.33. The summed E-state index contributed by atoms with van der Waals surface area (Å²) >= 11 is 0. The van der Waals surface area contributed by atoms with Crippen molar-refractivity contribution in [3.63, 3.8) is 0 Å². The van der Waals surface area contributed by atoms with Crippen LogP contribution in [0, 0.1) is 11.3 Å². The number of carbonyl (C=O) groups excluding carboxylic acids is 1. The highest BCUT2D eigenvalue weighted by atomic mass is 16.2. The van der Waals surface area contributed by atoms with Crippen molar-refractivity contribution in [1.82, 2.24) is 10.6 Å². The number of hydrogen-bond acceptors (Lipinski definition) is 3. The van der Waals surface area contributed by atoms with Crippen LogP contribution in [-0.4, -0.2) is 25.0 Å². The maximum Gasteiger partial charge on any atom is 0.227 e. The highest BCUT2D eigenvalue weighted by molar-refractivity contribution is 5.95. The van der Waals surface area contributed by atoms with E-state index in [-0.39, 0.29) is 5.91 Å². The van der Waals surface area contributed by atoms with Crippen LogP contribution in [0.4, 0.5) is 5.69 Å². The van der Waals surface area contributed by atoms with Crippen molar-refractivity contribution in [3.05, 3.63) is 65.2 Å². The normalized spacial score (nSPS) is 14.1. The van der Waals surface area contributed by atoms with E-state index in [1.165, 1.54) is 0 Å². The standard InChI is InChI=1S/C22H25N5O/c1-2-24-22(26-16-19-6-3-5-18(13-19)14-23)25-15-17-8-10-20(11-9-17)27-12-4-7-21(27)28/h3,5-6,8-11,13H,2,4,7,12,15-16H2,1H3,(H2,24,25,26). The molecule has 2 N–H and O–H groups in total. The van der Waals surface area contributed by atoms with Crippen LogP contribution in [0.15, 0.2) is 53.5 Å². The molecule has 28 heavy (non-hydrogen) atoms. The summed E-state index contributed by atoms with van der Waals surface area (Å²) < 4.78 is 0. The maximum absolute atomic E-state index is 11.8. The minimum absolute atomic E-state index is 0.202. The van der Waals surface area contributed by atoms with Crippen molar-refractivity contribution in [3.8, 4) is 6.07 Å². The lowest BCUT2D eigenvalue weighted by molar-refractivity contribution is -0.117. The number of nitriles is 1. The van der Waals surface area contributed by atoms with E-state index in [4.69, 9.17) is 5.26 Å². The Labute approximate surface area is 165 Å². The third-order valence-electron chi connectivity index (χ3n) is 4.60. The third-order valence-corrected chi connectivity index (χ3v) is 4.60. The van der Waals surface area contributed by atoms with Gasteiger partial charge in [0.15, 0.2) is 5.96 Å². The number of guanidine groups is 1. The van der Waals surface area contributed by atoms with Gasteiger partial charge < -0.3 is 15.5 Å². The number of benzene rings is 2. The fourth-order valence-electron chi connectivity index (χ4n) is 3.15. The lowest BCUT2D eigenvalue weighted by atomic mass is 10.1. The largest absolute Gasteiger partial charge is 0.357 e. The Balaban J connectivity index is 1.59. The molecule has 6 heteroatoms. The van der Waals surface area contributed by atoms with Crippen molar-refractivity contribution < 1.29 is 4.79 Å². The number of carbonyl (C=O) groups is 1. The Morgan fingerprint density at radius 1 is 1.18 bits per heavy atom. The molecule has 3 rings (SSSR count). The van der Waals surface area contributed by atoms with Gasteiger partial charge in [-0.15, -0.1) is 0 Å². The van der Waals surface area contributed by atoms with Gasteiger partial charge in [-0.25, -0.2) is 4.99 Å². The van der Waals surface area contributed by atoms with Crippen LogP contribution >= 0.6 is 0 Å². The molecule has 6 nitrogen and oxygen atoms in total. The van der Waals surface area contributed by atoms with Crippen molar-refractivity contribution in [1.29, 1.82) is 5.26 Å². The van der Waals surface area contributed by atoms with E-state index in [2.05, 4.69) is 21.7 Å². The second-order valence-electron chi connectivity index (χ2n) is 6.68. The Kier molecular flexibility index (Phi) is 6.64. The van der Waals surface area contributed by atoms with Gasteiger partial charge in [0.2, 0.25) is 5.91 Å². The van der Waals surface area contributed by atoms with Gasteiger partial charge in [-0.3, -0.25) is 4.79 Å². The second kappa shape index (κ2) is 9.56. The summed E-state index contributed by atoms with van der Waals surface area (Å²) in [5.41, 5.74) is 3.72. The fourth-order valence-corrected chi connectivity index (χ4v) is 3.15. The first kappa shape index (κ1) is 19.4. The lowest BCUT2D eigenvalue weighted by Crippen LogP contribution is -2.36. The zero-order valence-corrected chi connectivity index (χ0v) is 16.1. The van der Waals surface area contributed by atoms with Crippen LogP contribution < -0.4 is 15.5 Å². The first-order valence-electron chi connectivity index (χ1n) is 9.60. The predicted octanol–water partition coefficient (Wildman–Crippen LogP) is 2.94. The number of nitrogens with zero attached hydrogens (tertiary/aromatic N) is 3. The van der Waals surface area contributed by atoms with Gasteiger partial charge in [0, 0.05) is 31.7 Å². The molecule has 0 spiro atoms. The molecule has 0 aromatic heterocycles. The number of rotatable bonds is 6. The fraction of sp³-hybridized carbons (Fsp3) is 0.318. The van der Waals surface area contributed by atoms with Gasteiger partial charge in [-0.1, -0.05) is 24.3 Å². The monoisotopic (exact) mass is 375 g/mol. The van der Waals surface area contributed by atoms with Gasteiger partial charge in [0.25, 0.3) is 0 Å². The molecule has 0 atom stereocenters. The minimum Gasteiger partial charge on any atom is -0.357 e. The zero-order valence-electron chi connectivity index (χ0n) is 16.1. The highest BCUT2D eigenvalue weighted by Gasteiger charge is 2.21. The van der Waals surface area contributed by atoms with Crippen LogP contribution in [0.2, 0.25) is 0 Å². The molecule has 0 aliphatic carbocycles. The third kappa shape index (κ3) is 5.10. The Bertz CT molecular complexity index is 883. The molecule has 1 fully saturated rings. The van der Waals surface area contributed by atoms with E-state index in [0.29, 0.717) is 25.1 Å². The van der Waals surface area contributed by atoms with Crippen LogP contribution in [0.5, 0.6) is 0 Å². The molecular weight excluding hydrogens is 350 g/mol. The average molecular weight is 375 g/mol. The number of nitrogens with one attached hydrogen (secondary N) is 2. The van der Waals surface area contributed by atoms with E-state index >= 15 is 0 Å². The molecule has 1 aliphatic heterocycles. The highest BCUT2D eigenvalue weighted by Crippen LogP contribution is 2.21. The average Bonchev–Trinajstić information content (AvgIpc) is 3.16. The van der Waals surface area contributed by atoms with Gasteiger partial charge in [0.05, 0.1) is 18.2 Å². The molecular formula is C22H25N5O. The summed E-state index contributed by atoms with van der Waals surface area (Å²) in [4.78, 5) is 18.3. The molecule has 0 radical (unpaired) electrons. The summed E-state index contributed by atoms with van der Waals surface area (Å²) in [6, 6.07) is 17.7. The van der Waals surface area contributed by atoms with E-state index in [0.717, 1.165) is 42.3 Å². The summed E-state index contributed by atoms with van der Waals surface area (Å²) in [5.74, 6) is 0.927. The predicted molar refractivity (Wildman–Crippen MR) is 111 cm³/mol. The number of aliphatic imine (C=N–C) groups is 1. The van der Waals surface area contributed by atoms with Gasteiger partial charge >= 0.3 is 0 Å². The van der Waals surface area contributed by atoms with Crippen LogP contribution in [-0.2, 0) is 17.9 Å². The van der Waals surface area contributed by atoms with Crippen molar-refractivity contribution in [2.75, 3.05) is 18.0 Å². The van der Waals surface area contributed by atoms with E-state index in [9.17, 15) is 4.79 Å². The smallest absolute Gasteiger partial charge is 0.227 e. The van der Waals surface area contributed by atoms with Gasteiger partial charge in [0.1, 0.15) is 0 Å². The Morgan fingerprint density at radius 3 is 2.68 bits per heavy atom. The van der Waals surface area contributed by atoms with E-state index in [1.54, 1.807) is 6.07 Å². The zero-order chi connectivity index (χ0) is 19.8. The SMILES string of the molecule is CCNC(=NCc1cccc(C#N)c1)NCc1ccc(N2CCCC2=O)cc1. The molecule has 1 amide bonds. The van der Waals surface area contributed by atoms with E-state index < -0.39 is 0 Å². The maximum atomic E-state index is 11.8. The molecule has 144 valence electrons. The van der Waals surface area contributed by atoms with Crippen molar-refractivity contribution in [2.24, 2.45) is 4.99 Å². The molecule has 2 aromatic rings. The topological polar surface area (TPSA) is 80.5 Å². The molecule has 1 aliphatic rings. The Morgan fingerprint density at radius 2 is 2.00 bits per heavy atom. The van der Waals surface area contributed by atoms with Crippen molar-refractivity contribution >= 4 is 17.6 Å². The summed E-state index contributed by atoms with van der Waals surface area (Å²) in [6.07, 6.45) is 1.57. The van der Waals surface area contributed by atoms with E-state index in [1.807, 2.05) is 54.3 Å². The summed E-state index contributed by atoms with van der Waals surface area (Å²) in [7, 11) is 0. The molecule has 1 heterocycles. The molecule has 0 bridgehead atoms. The van der Waals surface area contributed by atoms with Crippen molar-refractivity contribution in [2.45, 2.75) is 32.9 Å². The molecule has 0 saturated carbocycles. The number of anilines is 1. The minimum atomic E-state index is 0.202.